The van der Waals surface area contributed by atoms with Crippen LogP contribution < -0.4 is 0 Å². The van der Waals surface area contributed by atoms with E-state index >= 15 is 0 Å². The third-order valence-electron chi connectivity index (χ3n) is 6.89. The summed E-state index contributed by atoms with van der Waals surface area (Å²) in [6.45, 7) is 9.12. The molecule has 0 amide bonds. The van der Waals surface area contributed by atoms with Crippen molar-refractivity contribution < 1.29 is 19.1 Å². The predicted octanol–water partition coefficient (Wildman–Crippen LogP) is 9.11. The van der Waals surface area contributed by atoms with E-state index in [-0.39, 0.29) is 6.10 Å². The standard InChI is InChI=1S/C30H56O4/c1-5-9-10-11-12-13-14-15-16-17-18-19-20-21-26-33-29(31)24-25-30(32)34-28(8-4)23-22-27(6-2)7-3/h24-25,27-28H,5-23,26H2,1-4H3/b25-24+. The number of carbonyl (C=O) groups excluding carboxylic acids is 2. The normalized spacial score (nSPS) is 12.4. The Hall–Kier alpha value is -1.32. The van der Waals surface area contributed by atoms with Crippen molar-refractivity contribution in [1.29, 1.82) is 0 Å². The second-order valence-electron chi connectivity index (χ2n) is 9.82. The van der Waals surface area contributed by atoms with Crippen LogP contribution in [0.25, 0.3) is 0 Å². The van der Waals surface area contributed by atoms with Gasteiger partial charge in [-0.05, 0) is 31.6 Å². The van der Waals surface area contributed by atoms with E-state index in [0.717, 1.165) is 44.9 Å². The molecule has 0 aliphatic rings. The fourth-order valence-electron chi connectivity index (χ4n) is 4.32. The minimum atomic E-state index is -0.461. The molecule has 0 rings (SSSR count). The molecule has 0 aromatic heterocycles. The molecule has 0 aromatic rings. The summed E-state index contributed by atoms with van der Waals surface area (Å²) in [5.74, 6) is -0.227. The molecule has 200 valence electrons. The highest BCUT2D eigenvalue weighted by Crippen LogP contribution is 2.19. The topological polar surface area (TPSA) is 52.6 Å². The van der Waals surface area contributed by atoms with Crippen molar-refractivity contribution in [1.82, 2.24) is 0 Å². The summed E-state index contributed by atoms with van der Waals surface area (Å²) in [5.41, 5.74) is 0. The Morgan fingerprint density at radius 3 is 1.53 bits per heavy atom. The van der Waals surface area contributed by atoms with Gasteiger partial charge in [-0.25, -0.2) is 9.59 Å². The predicted molar refractivity (Wildman–Crippen MR) is 144 cm³/mol. The number of esters is 2. The number of unbranched alkanes of at least 4 members (excludes halogenated alkanes) is 13. The molecule has 0 heterocycles. The third kappa shape index (κ3) is 21.2. The lowest BCUT2D eigenvalue weighted by Gasteiger charge is -2.18. The van der Waals surface area contributed by atoms with Gasteiger partial charge in [-0.15, -0.1) is 0 Å². The molecule has 0 bridgehead atoms. The lowest BCUT2D eigenvalue weighted by Crippen LogP contribution is -2.17. The van der Waals surface area contributed by atoms with Crippen molar-refractivity contribution in [3.8, 4) is 0 Å². The zero-order valence-electron chi connectivity index (χ0n) is 23.1. The Balaban J connectivity index is 3.64. The molecular formula is C30H56O4. The molecule has 0 N–H and O–H groups in total. The Bertz CT molecular complexity index is 496. The Kier molecular flexibility index (Phi) is 23.8. The van der Waals surface area contributed by atoms with Gasteiger partial charge in [0.2, 0.25) is 0 Å². The summed E-state index contributed by atoms with van der Waals surface area (Å²) >= 11 is 0. The van der Waals surface area contributed by atoms with Crippen molar-refractivity contribution in [3.63, 3.8) is 0 Å². The third-order valence-corrected chi connectivity index (χ3v) is 6.89. The quantitative estimate of drug-likeness (QED) is 0.0785. The maximum Gasteiger partial charge on any atom is 0.331 e. The summed E-state index contributed by atoms with van der Waals surface area (Å²) in [4.78, 5) is 23.8. The number of hydrogen-bond acceptors (Lipinski definition) is 4. The molecule has 4 heteroatoms. The Morgan fingerprint density at radius 1 is 0.588 bits per heavy atom. The molecular weight excluding hydrogens is 424 g/mol. The molecule has 0 aliphatic heterocycles. The highest BCUT2D eigenvalue weighted by molar-refractivity contribution is 5.91. The number of rotatable bonds is 24. The van der Waals surface area contributed by atoms with Gasteiger partial charge in [0.1, 0.15) is 6.10 Å². The van der Waals surface area contributed by atoms with Crippen LogP contribution in [0.1, 0.15) is 150 Å². The Labute approximate surface area is 211 Å². The molecule has 0 aliphatic carbocycles. The molecule has 0 saturated carbocycles. The van der Waals surface area contributed by atoms with Crippen molar-refractivity contribution >= 4 is 11.9 Å². The fraction of sp³-hybridized carbons (Fsp3) is 0.867. The second kappa shape index (κ2) is 24.8. The largest absolute Gasteiger partial charge is 0.463 e. The second-order valence-corrected chi connectivity index (χ2v) is 9.82. The first-order valence-electron chi connectivity index (χ1n) is 14.6. The van der Waals surface area contributed by atoms with E-state index < -0.39 is 11.9 Å². The van der Waals surface area contributed by atoms with E-state index in [2.05, 4.69) is 20.8 Å². The average molecular weight is 481 g/mol. The summed E-state index contributed by atoms with van der Waals surface area (Å²) in [6, 6.07) is 0. The van der Waals surface area contributed by atoms with Gasteiger partial charge in [-0.2, -0.15) is 0 Å². The van der Waals surface area contributed by atoms with Crippen molar-refractivity contribution in [2.45, 2.75) is 156 Å². The number of hydrogen-bond donors (Lipinski definition) is 0. The first-order valence-corrected chi connectivity index (χ1v) is 14.6. The lowest BCUT2D eigenvalue weighted by atomic mass is 9.95. The van der Waals surface area contributed by atoms with Crippen LogP contribution in [0, 0.1) is 5.92 Å². The number of carbonyl (C=O) groups is 2. The fourth-order valence-corrected chi connectivity index (χ4v) is 4.32. The van der Waals surface area contributed by atoms with Gasteiger partial charge in [0.25, 0.3) is 0 Å². The summed E-state index contributed by atoms with van der Waals surface area (Å²) in [6.07, 6.45) is 25.6. The highest BCUT2D eigenvalue weighted by atomic mass is 16.5. The molecule has 4 nitrogen and oxygen atoms in total. The molecule has 1 unspecified atom stereocenters. The molecule has 0 radical (unpaired) electrons. The van der Waals surface area contributed by atoms with Crippen LogP contribution in [0.15, 0.2) is 12.2 Å². The summed E-state index contributed by atoms with van der Waals surface area (Å²) in [5, 5.41) is 0. The lowest BCUT2D eigenvalue weighted by molar-refractivity contribution is -0.144. The van der Waals surface area contributed by atoms with E-state index in [9.17, 15) is 9.59 Å². The van der Waals surface area contributed by atoms with E-state index in [1.807, 2.05) is 6.92 Å². The van der Waals surface area contributed by atoms with Gasteiger partial charge in [0.05, 0.1) is 6.61 Å². The van der Waals surface area contributed by atoms with E-state index in [0.29, 0.717) is 12.5 Å². The molecule has 34 heavy (non-hydrogen) atoms. The molecule has 1 atom stereocenters. The molecule has 0 spiro atoms. The minimum absolute atomic E-state index is 0.0793. The van der Waals surface area contributed by atoms with Crippen molar-refractivity contribution in [3.05, 3.63) is 12.2 Å². The van der Waals surface area contributed by atoms with Gasteiger partial charge >= 0.3 is 11.9 Å². The van der Waals surface area contributed by atoms with Crippen LogP contribution in [0.3, 0.4) is 0 Å². The zero-order valence-corrected chi connectivity index (χ0v) is 23.1. The van der Waals surface area contributed by atoms with E-state index in [1.165, 1.54) is 89.2 Å². The van der Waals surface area contributed by atoms with Crippen LogP contribution in [0.5, 0.6) is 0 Å². The summed E-state index contributed by atoms with van der Waals surface area (Å²) in [7, 11) is 0. The molecule has 0 aromatic carbocycles. The maximum atomic E-state index is 12.0. The van der Waals surface area contributed by atoms with E-state index in [4.69, 9.17) is 9.47 Å². The number of ether oxygens (including phenoxy) is 2. The van der Waals surface area contributed by atoms with Gasteiger partial charge < -0.3 is 9.47 Å². The van der Waals surface area contributed by atoms with Gasteiger partial charge in [0, 0.05) is 12.2 Å². The summed E-state index contributed by atoms with van der Waals surface area (Å²) < 4.78 is 10.7. The smallest absolute Gasteiger partial charge is 0.331 e. The van der Waals surface area contributed by atoms with Crippen LogP contribution in [0.4, 0.5) is 0 Å². The monoisotopic (exact) mass is 480 g/mol. The average Bonchev–Trinajstić information content (AvgIpc) is 2.84. The van der Waals surface area contributed by atoms with Crippen molar-refractivity contribution in [2.24, 2.45) is 5.92 Å². The van der Waals surface area contributed by atoms with Gasteiger partial charge in [-0.1, -0.05) is 124 Å². The van der Waals surface area contributed by atoms with Crippen molar-refractivity contribution in [2.75, 3.05) is 6.61 Å². The van der Waals surface area contributed by atoms with Crippen LogP contribution in [0.2, 0.25) is 0 Å². The first kappa shape index (κ1) is 32.7. The van der Waals surface area contributed by atoms with E-state index in [1.54, 1.807) is 0 Å². The van der Waals surface area contributed by atoms with Crippen LogP contribution in [-0.2, 0) is 19.1 Å². The first-order chi connectivity index (χ1) is 16.6. The van der Waals surface area contributed by atoms with Crippen LogP contribution >= 0.6 is 0 Å². The molecule has 0 saturated heterocycles. The SMILES string of the molecule is CCCCCCCCCCCCCCCCOC(=O)/C=C/C(=O)OC(CC)CCC(CC)CC. The zero-order chi connectivity index (χ0) is 25.3. The highest BCUT2D eigenvalue weighted by Gasteiger charge is 2.13. The van der Waals surface area contributed by atoms with Crippen LogP contribution in [-0.4, -0.2) is 24.6 Å². The molecule has 0 fully saturated rings. The minimum Gasteiger partial charge on any atom is -0.463 e. The Morgan fingerprint density at radius 2 is 1.06 bits per heavy atom. The maximum absolute atomic E-state index is 12.0. The van der Waals surface area contributed by atoms with Gasteiger partial charge in [-0.3, -0.25) is 0 Å². The van der Waals surface area contributed by atoms with Gasteiger partial charge in [0.15, 0.2) is 0 Å².